The van der Waals surface area contributed by atoms with E-state index < -0.39 is 0 Å². The van der Waals surface area contributed by atoms with Crippen LogP contribution in [0.5, 0.6) is 0 Å². The second kappa shape index (κ2) is 3.89. The molecular formula is C9H11N7. The lowest BCUT2D eigenvalue weighted by molar-refractivity contribution is 1.08. The van der Waals surface area contributed by atoms with Gasteiger partial charge in [0.25, 0.3) is 0 Å². The molecule has 7 heteroatoms. The molecule has 0 atom stereocenters. The Balaban J connectivity index is 2.27. The van der Waals surface area contributed by atoms with Gasteiger partial charge in [0.05, 0.1) is 0 Å². The number of nitrogen functional groups attached to an aromatic ring is 3. The Kier molecular flexibility index (Phi) is 2.42. The molecule has 1 aromatic heterocycles. The van der Waals surface area contributed by atoms with Crippen LogP contribution < -0.4 is 22.5 Å². The number of nitrogens with zero attached hydrogens (tertiary/aromatic N) is 3. The zero-order chi connectivity index (χ0) is 11.5. The van der Waals surface area contributed by atoms with Gasteiger partial charge in [0.2, 0.25) is 17.8 Å². The summed E-state index contributed by atoms with van der Waals surface area (Å²) in [4.78, 5) is 11.4. The summed E-state index contributed by atoms with van der Waals surface area (Å²) in [5.41, 5.74) is 17.9. The molecular weight excluding hydrogens is 206 g/mol. The second-order valence-electron chi connectivity index (χ2n) is 3.13. The van der Waals surface area contributed by atoms with E-state index in [1.165, 1.54) is 0 Å². The van der Waals surface area contributed by atoms with E-state index in [1.54, 1.807) is 12.1 Å². The number of nitrogens with two attached hydrogens (primary N) is 3. The van der Waals surface area contributed by atoms with Crippen LogP contribution in [0.3, 0.4) is 0 Å². The van der Waals surface area contributed by atoms with Crippen molar-refractivity contribution in [2.24, 2.45) is 0 Å². The van der Waals surface area contributed by atoms with Gasteiger partial charge in [-0.3, -0.25) is 0 Å². The van der Waals surface area contributed by atoms with Crippen molar-refractivity contribution in [2.75, 3.05) is 22.5 Å². The Labute approximate surface area is 91.7 Å². The van der Waals surface area contributed by atoms with Gasteiger partial charge < -0.3 is 22.5 Å². The zero-order valence-corrected chi connectivity index (χ0v) is 8.38. The van der Waals surface area contributed by atoms with E-state index in [4.69, 9.17) is 17.2 Å². The van der Waals surface area contributed by atoms with Crippen LogP contribution in [0.1, 0.15) is 0 Å². The third-order valence-corrected chi connectivity index (χ3v) is 1.81. The van der Waals surface area contributed by atoms with Crippen LogP contribution in [0.2, 0.25) is 0 Å². The van der Waals surface area contributed by atoms with Gasteiger partial charge in [-0.15, -0.1) is 0 Å². The van der Waals surface area contributed by atoms with E-state index in [2.05, 4.69) is 20.3 Å². The first-order valence-corrected chi connectivity index (χ1v) is 4.53. The Morgan fingerprint density at radius 3 is 2.25 bits per heavy atom. The molecule has 2 aromatic rings. The summed E-state index contributed by atoms with van der Waals surface area (Å²) in [5, 5.41) is 2.92. The lowest BCUT2D eigenvalue weighted by Crippen LogP contribution is -2.06. The molecule has 7 nitrogen and oxygen atoms in total. The summed E-state index contributed by atoms with van der Waals surface area (Å²) in [5.74, 6) is 0.424. The molecule has 82 valence electrons. The Hall–Kier alpha value is -2.57. The highest BCUT2D eigenvalue weighted by atomic mass is 15.2. The van der Waals surface area contributed by atoms with Gasteiger partial charge >= 0.3 is 0 Å². The molecule has 0 aliphatic rings. The number of benzene rings is 1. The third-order valence-electron chi connectivity index (χ3n) is 1.81. The first-order valence-electron chi connectivity index (χ1n) is 4.53. The van der Waals surface area contributed by atoms with Gasteiger partial charge in [-0.05, 0) is 18.2 Å². The largest absolute Gasteiger partial charge is 0.399 e. The zero-order valence-electron chi connectivity index (χ0n) is 8.38. The molecule has 1 heterocycles. The highest BCUT2D eigenvalue weighted by molar-refractivity contribution is 5.60. The predicted octanol–water partition coefficient (Wildman–Crippen LogP) is 0.362. The maximum absolute atomic E-state index is 5.63. The molecule has 1 aromatic carbocycles. The van der Waals surface area contributed by atoms with Gasteiger partial charge in [-0.2, -0.15) is 15.0 Å². The molecule has 0 saturated carbocycles. The number of anilines is 5. The van der Waals surface area contributed by atoms with E-state index >= 15 is 0 Å². The minimum atomic E-state index is 0.0684. The van der Waals surface area contributed by atoms with Crippen molar-refractivity contribution in [1.82, 2.24) is 15.0 Å². The molecule has 0 radical (unpaired) electrons. The van der Waals surface area contributed by atoms with E-state index in [9.17, 15) is 0 Å². The summed E-state index contributed by atoms with van der Waals surface area (Å²) in [6.07, 6.45) is 0. The van der Waals surface area contributed by atoms with E-state index in [1.807, 2.05) is 12.1 Å². The van der Waals surface area contributed by atoms with Crippen LogP contribution in [0.25, 0.3) is 0 Å². The Morgan fingerprint density at radius 2 is 1.62 bits per heavy atom. The van der Waals surface area contributed by atoms with Crippen LogP contribution in [0.15, 0.2) is 24.3 Å². The smallest absolute Gasteiger partial charge is 0.233 e. The molecule has 0 amide bonds. The van der Waals surface area contributed by atoms with E-state index in [-0.39, 0.29) is 17.8 Å². The normalized spacial score (nSPS) is 10.0. The lowest BCUT2D eigenvalue weighted by atomic mass is 10.3. The Morgan fingerprint density at radius 1 is 0.938 bits per heavy atom. The molecule has 0 aliphatic carbocycles. The highest BCUT2D eigenvalue weighted by Crippen LogP contribution is 2.16. The molecule has 2 rings (SSSR count). The summed E-state index contributed by atoms with van der Waals surface area (Å²) in [6.45, 7) is 0. The highest BCUT2D eigenvalue weighted by Gasteiger charge is 2.01. The fraction of sp³-hybridized carbons (Fsp3) is 0. The van der Waals surface area contributed by atoms with Gasteiger partial charge in [0.15, 0.2) is 0 Å². The van der Waals surface area contributed by atoms with Crippen molar-refractivity contribution < 1.29 is 0 Å². The topological polar surface area (TPSA) is 129 Å². The van der Waals surface area contributed by atoms with Gasteiger partial charge in [-0.1, -0.05) is 6.07 Å². The summed E-state index contributed by atoms with van der Waals surface area (Å²) in [7, 11) is 0. The number of hydrogen-bond acceptors (Lipinski definition) is 7. The van der Waals surface area contributed by atoms with Crippen LogP contribution in [0, 0.1) is 0 Å². The van der Waals surface area contributed by atoms with Crippen LogP contribution in [-0.2, 0) is 0 Å². The van der Waals surface area contributed by atoms with Gasteiger partial charge in [0, 0.05) is 11.4 Å². The van der Waals surface area contributed by atoms with Crippen molar-refractivity contribution >= 4 is 29.2 Å². The van der Waals surface area contributed by atoms with Crippen LogP contribution in [-0.4, -0.2) is 15.0 Å². The summed E-state index contributed by atoms with van der Waals surface area (Å²) >= 11 is 0. The maximum atomic E-state index is 5.63. The minimum absolute atomic E-state index is 0.0684. The first-order chi connectivity index (χ1) is 7.63. The number of rotatable bonds is 2. The number of hydrogen-bond donors (Lipinski definition) is 4. The lowest BCUT2D eigenvalue weighted by Gasteiger charge is -2.05. The average Bonchev–Trinajstić information content (AvgIpc) is 2.15. The molecule has 0 fully saturated rings. The third kappa shape index (κ3) is 2.27. The quantitative estimate of drug-likeness (QED) is 0.534. The van der Waals surface area contributed by atoms with E-state index in [0.717, 1.165) is 5.69 Å². The fourth-order valence-corrected chi connectivity index (χ4v) is 1.21. The minimum Gasteiger partial charge on any atom is -0.399 e. The van der Waals surface area contributed by atoms with Crippen molar-refractivity contribution in [3.05, 3.63) is 24.3 Å². The van der Waals surface area contributed by atoms with Crippen LogP contribution >= 0.6 is 0 Å². The van der Waals surface area contributed by atoms with Crippen molar-refractivity contribution in [2.45, 2.75) is 0 Å². The fourth-order valence-electron chi connectivity index (χ4n) is 1.21. The molecule has 0 aliphatic heterocycles. The monoisotopic (exact) mass is 217 g/mol. The summed E-state index contributed by atoms with van der Waals surface area (Å²) < 4.78 is 0. The molecule has 0 unspecified atom stereocenters. The van der Waals surface area contributed by atoms with Crippen LogP contribution in [0.4, 0.5) is 29.2 Å². The predicted molar refractivity (Wildman–Crippen MR) is 62.8 cm³/mol. The molecule has 16 heavy (non-hydrogen) atoms. The summed E-state index contributed by atoms with van der Waals surface area (Å²) in [6, 6.07) is 7.16. The number of aromatic nitrogens is 3. The second-order valence-corrected chi connectivity index (χ2v) is 3.13. The molecule has 0 saturated heterocycles. The molecule has 7 N–H and O–H groups in total. The van der Waals surface area contributed by atoms with Crippen molar-refractivity contribution in [1.29, 1.82) is 0 Å². The Bertz CT molecular complexity index is 491. The number of nitrogens with one attached hydrogen (secondary N) is 1. The maximum Gasteiger partial charge on any atom is 0.233 e. The van der Waals surface area contributed by atoms with Gasteiger partial charge in [0.1, 0.15) is 0 Å². The standard InChI is InChI=1S/C9H11N7/c10-5-2-1-3-6(4-5)13-9-15-7(11)14-8(12)16-9/h1-4H,10H2,(H5,11,12,13,14,15,16). The first kappa shape index (κ1) is 9.97. The van der Waals surface area contributed by atoms with Crippen molar-refractivity contribution in [3.63, 3.8) is 0 Å². The van der Waals surface area contributed by atoms with Gasteiger partial charge in [-0.25, -0.2) is 0 Å². The molecule has 0 spiro atoms. The van der Waals surface area contributed by atoms with Crippen molar-refractivity contribution in [3.8, 4) is 0 Å². The average molecular weight is 217 g/mol. The SMILES string of the molecule is Nc1cccc(Nc2nc(N)nc(N)n2)c1. The van der Waals surface area contributed by atoms with E-state index in [0.29, 0.717) is 5.69 Å². The molecule has 0 bridgehead atoms.